The predicted molar refractivity (Wildman–Crippen MR) is 57.3 cm³/mol. The Balaban J connectivity index is 3.53. The van der Waals surface area contributed by atoms with Crippen molar-refractivity contribution in [2.45, 2.75) is 0 Å². The molecule has 0 saturated carbocycles. The maximum absolute atomic E-state index is 10.2. The second-order valence-corrected chi connectivity index (χ2v) is 2.91. The van der Waals surface area contributed by atoms with Crippen LogP contribution in [0.5, 0.6) is 0 Å². The zero-order valence-corrected chi connectivity index (χ0v) is 8.41. The Labute approximate surface area is 84.9 Å². The van der Waals surface area contributed by atoms with Crippen LogP contribution in [0, 0.1) is 0 Å². The fourth-order valence-electron chi connectivity index (χ4n) is 1.05. The molecule has 0 radical (unpaired) electrons. The summed E-state index contributed by atoms with van der Waals surface area (Å²) < 4.78 is 0. The van der Waals surface area contributed by atoms with Crippen LogP contribution in [-0.2, 0) is 4.79 Å². The van der Waals surface area contributed by atoms with E-state index in [1.807, 2.05) is 12.2 Å². The van der Waals surface area contributed by atoms with Crippen molar-refractivity contribution in [2.75, 3.05) is 32.7 Å². The van der Waals surface area contributed by atoms with E-state index >= 15 is 0 Å². The molecule has 0 fully saturated rings. The van der Waals surface area contributed by atoms with Crippen molar-refractivity contribution in [2.24, 2.45) is 0 Å². The first-order valence-electron chi connectivity index (χ1n) is 4.57. The van der Waals surface area contributed by atoms with Gasteiger partial charge in [0, 0.05) is 26.2 Å². The summed E-state index contributed by atoms with van der Waals surface area (Å²) in [6.07, 6.45) is 3.64. The van der Waals surface area contributed by atoms with Crippen LogP contribution in [0.1, 0.15) is 0 Å². The molecule has 80 valence electrons. The highest BCUT2D eigenvalue weighted by atomic mass is 16.4. The second kappa shape index (κ2) is 8.47. The van der Waals surface area contributed by atoms with Gasteiger partial charge in [0.05, 0.1) is 6.54 Å². The number of carboxylic acids is 1. The average molecular weight is 198 g/mol. The number of hydrogen-bond donors (Lipinski definition) is 2. The lowest BCUT2D eigenvalue weighted by Crippen LogP contribution is -2.34. The molecule has 2 N–H and O–H groups in total. The molecule has 0 aliphatic rings. The van der Waals surface area contributed by atoms with Gasteiger partial charge in [-0.25, -0.2) is 0 Å². The monoisotopic (exact) mass is 198 g/mol. The highest BCUT2D eigenvalue weighted by Gasteiger charge is 2.00. The normalized spacial score (nSPS) is 10.1. The molecule has 0 aromatic heterocycles. The SMILES string of the molecule is C=CCN(CC=C)CCNCC(=O)O. The molecule has 0 aliphatic carbocycles. The van der Waals surface area contributed by atoms with E-state index in [-0.39, 0.29) is 6.54 Å². The third-order valence-electron chi connectivity index (χ3n) is 1.66. The van der Waals surface area contributed by atoms with Crippen molar-refractivity contribution in [3.8, 4) is 0 Å². The largest absolute Gasteiger partial charge is 0.480 e. The lowest BCUT2D eigenvalue weighted by molar-refractivity contribution is -0.135. The van der Waals surface area contributed by atoms with Crippen LogP contribution in [-0.4, -0.2) is 48.7 Å². The van der Waals surface area contributed by atoms with E-state index in [0.717, 1.165) is 19.6 Å². The summed E-state index contributed by atoms with van der Waals surface area (Å²) in [5.74, 6) is -0.830. The van der Waals surface area contributed by atoms with Gasteiger partial charge in [0.25, 0.3) is 0 Å². The molecule has 0 aliphatic heterocycles. The molecule has 0 rings (SSSR count). The van der Waals surface area contributed by atoms with E-state index in [9.17, 15) is 4.79 Å². The molecular formula is C10H18N2O2. The molecule has 0 amide bonds. The molecule has 14 heavy (non-hydrogen) atoms. The van der Waals surface area contributed by atoms with Crippen molar-refractivity contribution in [1.29, 1.82) is 0 Å². The summed E-state index contributed by atoms with van der Waals surface area (Å²) in [7, 11) is 0. The summed E-state index contributed by atoms with van der Waals surface area (Å²) >= 11 is 0. The minimum Gasteiger partial charge on any atom is -0.480 e. The summed E-state index contributed by atoms with van der Waals surface area (Å²) in [4.78, 5) is 12.3. The molecule has 0 aromatic rings. The Morgan fingerprint density at radius 1 is 1.36 bits per heavy atom. The van der Waals surface area contributed by atoms with Crippen LogP contribution in [0.3, 0.4) is 0 Å². The first kappa shape index (κ1) is 12.9. The summed E-state index contributed by atoms with van der Waals surface area (Å²) in [6, 6.07) is 0. The van der Waals surface area contributed by atoms with E-state index in [1.54, 1.807) is 0 Å². The molecule has 0 unspecified atom stereocenters. The summed E-state index contributed by atoms with van der Waals surface area (Å²) in [5.41, 5.74) is 0. The quantitative estimate of drug-likeness (QED) is 0.414. The summed E-state index contributed by atoms with van der Waals surface area (Å²) in [5, 5.41) is 11.2. The van der Waals surface area contributed by atoms with Gasteiger partial charge in [0.2, 0.25) is 0 Å². The van der Waals surface area contributed by atoms with Gasteiger partial charge in [0.15, 0.2) is 0 Å². The smallest absolute Gasteiger partial charge is 0.317 e. The molecule has 0 bridgehead atoms. The third kappa shape index (κ3) is 7.52. The van der Waals surface area contributed by atoms with Crippen molar-refractivity contribution >= 4 is 5.97 Å². The highest BCUT2D eigenvalue weighted by Crippen LogP contribution is 1.87. The van der Waals surface area contributed by atoms with Crippen LogP contribution in [0.4, 0.5) is 0 Å². The topological polar surface area (TPSA) is 52.6 Å². The van der Waals surface area contributed by atoms with Crippen LogP contribution >= 0.6 is 0 Å². The fourth-order valence-corrected chi connectivity index (χ4v) is 1.05. The van der Waals surface area contributed by atoms with Crippen LogP contribution in [0.2, 0.25) is 0 Å². The van der Waals surface area contributed by atoms with Crippen molar-refractivity contribution < 1.29 is 9.90 Å². The Hall–Kier alpha value is -1.13. The Bertz CT molecular complexity index is 183. The number of aliphatic carboxylic acids is 1. The standard InChI is InChI=1S/C10H18N2O2/c1-3-6-12(7-4-2)8-5-11-9-10(13)14/h3-4,11H,1-2,5-9H2,(H,13,14). The number of nitrogens with one attached hydrogen (secondary N) is 1. The minimum atomic E-state index is -0.830. The molecule has 0 atom stereocenters. The van der Waals surface area contributed by atoms with Gasteiger partial charge in [-0.1, -0.05) is 12.2 Å². The fraction of sp³-hybridized carbons (Fsp3) is 0.500. The molecule has 4 heteroatoms. The molecular weight excluding hydrogens is 180 g/mol. The maximum atomic E-state index is 10.2. The molecule has 0 spiro atoms. The minimum absolute atomic E-state index is 0.00994. The number of rotatable bonds is 9. The Kier molecular flexibility index (Phi) is 7.78. The number of nitrogens with zero attached hydrogens (tertiary/aromatic N) is 1. The lowest BCUT2D eigenvalue weighted by atomic mass is 10.4. The third-order valence-corrected chi connectivity index (χ3v) is 1.66. The average Bonchev–Trinajstić information content (AvgIpc) is 2.12. The van der Waals surface area contributed by atoms with Crippen LogP contribution < -0.4 is 5.32 Å². The van der Waals surface area contributed by atoms with Gasteiger partial charge in [-0.05, 0) is 0 Å². The summed E-state index contributed by atoms with van der Waals surface area (Å²) in [6.45, 7) is 10.3. The van der Waals surface area contributed by atoms with E-state index in [1.165, 1.54) is 0 Å². The van der Waals surface area contributed by atoms with Gasteiger partial charge in [-0.2, -0.15) is 0 Å². The number of hydrogen-bond acceptors (Lipinski definition) is 3. The number of carboxylic acid groups (broad SMARTS) is 1. The molecule has 4 nitrogen and oxygen atoms in total. The number of carbonyl (C=O) groups is 1. The highest BCUT2D eigenvalue weighted by molar-refractivity contribution is 5.68. The van der Waals surface area contributed by atoms with Gasteiger partial charge in [-0.3, -0.25) is 9.69 Å². The van der Waals surface area contributed by atoms with Crippen LogP contribution in [0.15, 0.2) is 25.3 Å². The van der Waals surface area contributed by atoms with Gasteiger partial charge < -0.3 is 10.4 Å². The molecule has 0 heterocycles. The Morgan fingerprint density at radius 2 is 1.93 bits per heavy atom. The van der Waals surface area contributed by atoms with E-state index < -0.39 is 5.97 Å². The van der Waals surface area contributed by atoms with Crippen molar-refractivity contribution in [3.63, 3.8) is 0 Å². The lowest BCUT2D eigenvalue weighted by Gasteiger charge is -2.18. The maximum Gasteiger partial charge on any atom is 0.317 e. The van der Waals surface area contributed by atoms with E-state index in [0.29, 0.717) is 6.54 Å². The van der Waals surface area contributed by atoms with E-state index in [2.05, 4.69) is 23.4 Å². The van der Waals surface area contributed by atoms with Gasteiger partial charge in [0.1, 0.15) is 0 Å². The zero-order valence-electron chi connectivity index (χ0n) is 8.41. The Morgan fingerprint density at radius 3 is 2.36 bits per heavy atom. The second-order valence-electron chi connectivity index (χ2n) is 2.91. The van der Waals surface area contributed by atoms with Gasteiger partial charge >= 0.3 is 5.97 Å². The zero-order chi connectivity index (χ0) is 10.8. The molecule has 0 aromatic carbocycles. The van der Waals surface area contributed by atoms with Crippen LogP contribution in [0.25, 0.3) is 0 Å². The van der Waals surface area contributed by atoms with Crippen molar-refractivity contribution in [3.05, 3.63) is 25.3 Å². The first-order valence-corrected chi connectivity index (χ1v) is 4.57. The van der Waals surface area contributed by atoms with E-state index in [4.69, 9.17) is 5.11 Å². The first-order chi connectivity index (χ1) is 6.70. The van der Waals surface area contributed by atoms with Gasteiger partial charge in [-0.15, -0.1) is 13.2 Å². The molecule has 0 saturated heterocycles. The predicted octanol–water partition coefficient (Wildman–Crippen LogP) is 0.335. The van der Waals surface area contributed by atoms with Crippen molar-refractivity contribution in [1.82, 2.24) is 10.2 Å².